The molecule has 8 heteroatoms. The lowest BCUT2D eigenvalue weighted by molar-refractivity contribution is -0.759. The molecule has 0 aromatic rings. The highest BCUT2D eigenvalue weighted by Gasteiger charge is 2.61. The highest BCUT2D eigenvalue weighted by atomic mass is 16.9. The first-order chi connectivity index (χ1) is 8.02. The maximum absolute atomic E-state index is 12.2. The number of hydrogen-bond acceptors (Lipinski definition) is 5. The molecule has 0 saturated carbocycles. The molecule has 18 heavy (non-hydrogen) atoms. The smallest absolute Gasteiger partial charge is 0.294 e. The van der Waals surface area contributed by atoms with E-state index in [1.807, 2.05) is 0 Å². The van der Waals surface area contributed by atoms with Crippen molar-refractivity contribution in [2.45, 2.75) is 38.8 Å². The van der Waals surface area contributed by atoms with Gasteiger partial charge in [0.15, 0.2) is 0 Å². The van der Waals surface area contributed by atoms with Gasteiger partial charge in [-0.1, -0.05) is 0 Å². The van der Waals surface area contributed by atoms with Crippen molar-refractivity contribution >= 4 is 5.91 Å². The van der Waals surface area contributed by atoms with Crippen LogP contribution in [0.15, 0.2) is 0 Å². The maximum atomic E-state index is 12.2. The van der Waals surface area contributed by atoms with Gasteiger partial charge in [0.2, 0.25) is 5.91 Å². The van der Waals surface area contributed by atoms with Gasteiger partial charge in [0.05, 0.1) is 11.5 Å². The number of hydrogen-bond donors (Lipinski definition) is 1. The van der Waals surface area contributed by atoms with Crippen LogP contribution in [-0.2, 0) is 14.8 Å². The Bertz CT molecular complexity index is 369. The van der Waals surface area contributed by atoms with E-state index in [1.54, 1.807) is 27.7 Å². The third-order valence-electron chi connectivity index (χ3n) is 3.78. The summed E-state index contributed by atoms with van der Waals surface area (Å²) in [6.45, 7) is 6.12. The van der Waals surface area contributed by atoms with Crippen molar-refractivity contribution in [1.29, 1.82) is 0 Å². The molecule has 0 bridgehead atoms. The van der Waals surface area contributed by atoms with Crippen LogP contribution in [0.3, 0.4) is 0 Å². The summed E-state index contributed by atoms with van der Waals surface area (Å²) in [6, 6.07) is 0. The molecule has 0 spiro atoms. The fourth-order valence-corrected chi connectivity index (χ4v) is 2.91. The summed E-state index contributed by atoms with van der Waals surface area (Å²) < 4.78 is 0. The number of rotatable bonds is 4. The summed E-state index contributed by atoms with van der Waals surface area (Å²) in [6.07, 6.45) is 0. The lowest BCUT2D eigenvalue weighted by atomic mass is 9.77. The number of carbonyl (C=O) groups is 1. The van der Waals surface area contributed by atoms with Crippen LogP contribution in [0.5, 0.6) is 0 Å². The molecule has 2 atom stereocenters. The van der Waals surface area contributed by atoms with E-state index in [0.717, 1.165) is 5.06 Å². The molecule has 0 aromatic carbocycles. The molecule has 1 heterocycles. The van der Waals surface area contributed by atoms with Gasteiger partial charge in [0, 0.05) is 11.5 Å². The molecule has 0 aliphatic carbocycles. The summed E-state index contributed by atoms with van der Waals surface area (Å²) in [7, 11) is 0. The van der Waals surface area contributed by atoms with Crippen molar-refractivity contribution < 1.29 is 19.9 Å². The lowest BCUT2D eigenvalue weighted by Crippen LogP contribution is -2.48. The first kappa shape index (κ1) is 14.7. The van der Waals surface area contributed by atoms with Gasteiger partial charge in [-0.15, -0.1) is 20.4 Å². The van der Waals surface area contributed by atoms with Gasteiger partial charge in [-0.05, 0) is 27.7 Å². The first-order valence-corrected chi connectivity index (χ1v) is 5.57. The topological polar surface area (TPSA) is 119 Å². The van der Waals surface area contributed by atoms with E-state index >= 15 is 0 Å². The fraction of sp³-hybridized carbons (Fsp3) is 0.900. The van der Waals surface area contributed by atoms with Crippen molar-refractivity contribution in [2.24, 2.45) is 17.6 Å². The Morgan fingerprint density at radius 3 is 2.28 bits per heavy atom. The molecule has 2 unspecified atom stereocenters. The van der Waals surface area contributed by atoms with Crippen LogP contribution in [-0.4, -0.2) is 33.7 Å². The monoisotopic (exact) mass is 260 g/mol. The summed E-state index contributed by atoms with van der Waals surface area (Å²) >= 11 is 0. The van der Waals surface area contributed by atoms with Crippen LogP contribution in [0, 0.1) is 22.0 Å². The third-order valence-corrected chi connectivity index (χ3v) is 3.78. The van der Waals surface area contributed by atoms with Gasteiger partial charge in [0.1, 0.15) is 6.61 Å². The van der Waals surface area contributed by atoms with Crippen LogP contribution in [0.1, 0.15) is 27.7 Å². The highest BCUT2D eigenvalue weighted by molar-refractivity contribution is 5.79. The van der Waals surface area contributed by atoms with Crippen LogP contribution in [0.2, 0.25) is 0 Å². The fourth-order valence-electron chi connectivity index (χ4n) is 2.91. The Hall–Kier alpha value is -1.41. The summed E-state index contributed by atoms with van der Waals surface area (Å²) in [5.74, 6) is -2.08. The van der Waals surface area contributed by atoms with Gasteiger partial charge in [-0.3, -0.25) is 4.79 Å². The van der Waals surface area contributed by atoms with E-state index in [9.17, 15) is 20.1 Å². The average Bonchev–Trinajstić information content (AvgIpc) is 2.33. The second kappa shape index (κ2) is 4.36. The minimum Gasteiger partial charge on any atom is -0.369 e. The summed E-state index contributed by atoms with van der Waals surface area (Å²) in [4.78, 5) is 26.1. The molecule has 1 saturated heterocycles. The average molecular weight is 260 g/mol. The quantitative estimate of drug-likeness (QED) is 0.569. The van der Waals surface area contributed by atoms with Crippen LogP contribution >= 0.6 is 0 Å². The molecule has 1 aliphatic heterocycles. The van der Waals surface area contributed by atoms with Crippen molar-refractivity contribution in [3.05, 3.63) is 10.1 Å². The first-order valence-electron chi connectivity index (χ1n) is 5.57. The molecule has 103 valence electrons. The number of nitrogens with two attached hydrogens (primary N) is 1. The largest absolute Gasteiger partial charge is 0.369 e. The Kier molecular flexibility index (Phi) is 3.55. The lowest BCUT2D eigenvalue weighted by Gasteiger charge is -2.33. The second-order valence-electron chi connectivity index (χ2n) is 5.61. The van der Waals surface area contributed by atoms with Crippen LogP contribution < -0.4 is 5.73 Å². The number of nitrogens with zero attached hydrogens (tertiary/aromatic N) is 2. The Balaban J connectivity index is 3.09. The van der Waals surface area contributed by atoms with Crippen molar-refractivity contribution in [2.75, 3.05) is 6.61 Å². The van der Waals surface area contributed by atoms with Crippen molar-refractivity contribution in [1.82, 2.24) is 5.06 Å². The summed E-state index contributed by atoms with van der Waals surface area (Å²) in [5.41, 5.74) is 3.35. The summed E-state index contributed by atoms with van der Waals surface area (Å²) in [5, 5.41) is 22.3. The van der Waals surface area contributed by atoms with Gasteiger partial charge < -0.3 is 10.6 Å². The zero-order valence-electron chi connectivity index (χ0n) is 10.9. The van der Waals surface area contributed by atoms with Crippen molar-refractivity contribution in [3.63, 3.8) is 0 Å². The zero-order chi connectivity index (χ0) is 14.3. The minimum absolute atomic E-state index is 0.324. The van der Waals surface area contributed by atoms with Gasteiger partial charge >= 0.3 is 0 Å². The highest BCUT2D eigenvalue weighted by Crippen LogP contribution is 2.48. The van der Waals surface area contributed by atoms with Gasteiger partial charge in [-0.2, -0.15) is 0 Å². The molecule has 8 nitrogen and oxygen atoms in total. The van der Waals surface area contributed by atoms with Gasteiger partial charge in [0.25, 0.3) is 5.09 Å². The SMILES string of the molecule is CC1(C)C(CO[N+](=O)[O-])C(C(N)=O)C(C)(C)N1[O]. The van der Waals surface area contributed by atoms with Crippen LogP contribution in [0.4, 0.5) is 0 Å². The molecule has 1 fully saturated rings. The Labute approximate surface area is 105 Å². The minimum atomic E-state index is -1.01. The number of primary amides is 1. The molecule has 1 radical (unpaired) electrons. The number of carbonyl (C=O) groups excluding carboxylic acids is 1. The van der Waals surface area contributed by atoms with E-state index in [-0.39, 0.29) is 6.61 Å². The van der Waals surface area contributed by atoms with Crippen molar-refractivity contribution in [3.8, 4) is 0 Å². The molecule has 1 rings (SSSR count). The predicted octanol–water partition coefficient (Wildman–Crippen LogP) is 0.131. The zero-order valence-corrected chi connectivity index (χ0v) is 10.9. The molecule has 2 N–H and O–H groups in total. The molecule has 0 aromatic heterocycles. The molecule has 1 amide bonds. The van der Waals surface area contributed by atoms with E-state index in [2.05, 4.69) is 4.84 Å². The normalized spacial score (nSPS) is 30.1. The molecular weight excluding hydrogens is 242 g/mol. The van der Waals surface area contributed by atoms with E-state index in [0.29, 0.717) is 0 Å². The maximum Gasteiger partial charge on any atom is 0.294 e. The Morgan fingerprint density at radius 1 is 1.39 bits per heavy atom. The molecular formula is C10H18N3O5. The standard InChI is InChI=1S/C10H18N3O5/c1-9(2)6(5-18-13(16)17)7(8(11)14)10(3,4)12(9)15/h6-7H,5H2,1-4H3,(H2,11,14). The van der Waals surface area contributed by atoms with Gasteiger partial charge in [-0.25, -0.2) is 0 Å². The van der Waals surface area contributed by atoms with E-state index in [4.69, 9.17) is 5.73 Å². The molecule has 1 aliphatic rings. The Morgan fingerprint density at radius 2 is 1.89 bits per heavy atom. The van der Waals surface area contributed by atoms with E-state index in [1.165, 1.54) is 0 Å². The third kappa shape index (κ3) is 2.13. The number of hydroxylamine groups is 2. The predicted molar refractivity (Wildman–Crippen MR) is 59.8 cm³/mol. The number of amides is 1. The van der Waals surface area contributed by atoms with Crippen LogP contribution in [0.25, 0.3) is 0 Å². The van der Waals surface area contributed by atoms with E-state index < -0.39 is 33.9 Å². The second-order valence-corrected chi connectivity index (χ2v) is 5.61.